The number of nitrogens with zero attached hydrogens (tertiary/aromatic N) is 2. The molecular weight excluding hydrogens is 426 g/mol. The van der Waals surface area contributed by atoms with Crippen molar-refractivity contribution >= 4 is 32.9 Å². The van der Waals surface area contributed by atoms with Gasteiger partial charge in [-0.1, -0.05) is 137 Å². The summed E-state index contributed by atoms with van der Waals surface area (Å²) in [5.41, 5.74) is 4.83. The van der Waals surface area contributed by atoms with Crippen molar-refractivity contribution in [1.82, 2.24) is 0 Å². The van der Waals surface area contributed by atoms with Crippen molar-refractivity contribution in [2.45, 2.75) is 76.3 Å². The van der Waals surface area contributed by atoms with E-state index in [1.165, 1.54) is 96.9 Å². The average Bonchev–Trinajstić information content (AvgIpc) is 2.90. The van der Waals surface area contributed by atoms with Crippen LogP contribution in [0.2, 0.25) is 0 Å². The van der Waals surface area contributed by atoms with Gasteiger partial charge in [0.2, 0.25) is 0 Å². The van der Waals surface area contributed by atoms with E-state index in [4.69, 9.17) is 10.6 Å². The van der Waals surface area contributed by atoms with Crippen LogP contribution in [0.15, 0.2) is 72.8 Å². The van der Waals surface area contributed by atoms with E-state index in [1.54, 1.807) is 0 Å². The summed E-state index contributed by atoms with van der Waals surface area (Å²) in [6, 6.07) is 27.5. The first-order valence-electron chi connectivity index (χ1n) is 13.3. The summed E-state index contributed by atoms with van der Waals surface area (Å²) in [7, 11) is 0. The van der Waals surface area contributed by atoms with Crippen molar-refractivity contribution in [3.05, 3.63) is 83.4 Å². The maximum atomic E-state index is 5.40. The van der Waals surface area contributed by atoms with Gasteiger partial charge < -0.3 is 10.6 Å². The number of fused-ring (bicyclic) bond motifs is 2. The molecule has 2 aliphatic carbocycles. The van der Waals surface area contributed by atoms with Gasteiger partial charge >= 0.3 is 37.7 Å². The van der Waals surface area contributed by atoms with Gasteiger partial charge in [-0.25, -0.2) is 0 Å². The van der Waals surface area contributed by atoms with Crippen molar-refractivity contribution in [3.63, 3.8) is 0 Å². The SMILES string of the molecule is [Li+].[Li+].c1ccc2c(-c3c([N-]C4CCCCC4)ccc4ccccc34)c([N-]C3CCCCC3)ccc2c1. The third-order valence-electron chi connectivity index (χ3n) is 7.86. The van der Waals surface area contributed by atoms with Crippen molar-refractivity contribution in [2.24, 2.45) is 0 Å². The predicted molar refractivity (Wildman–Crippen MR) is 147 cm³/mol. The molecule has 0 N–H and O–H groups in total. The fourth-order valence-electron chi connectivity index (χ4n) is 6.07. The standard InChI is InChI=1S/C32H34N2.2Li/c1-3-13-25(14-4-1)33-29-21-19-23-11-7-9-17-27(23)31(29)32-28-18-10-8-12-24(28)20-22-30(32)34-26-15-5-2-6-16-26;;/h7-12,17-22,25-26H,1-6,13-16H2;;/q-2;2*+1. The third-order valence-corrected chi connectivity index (χ3v) is 7.86. The molecule has 2 saturated carbocycles. The summed E-state index contributed by atoms with van der Waals surface area (Å²) >= 11 is 0. The molecule has 4 heteroatoms. The smallest absolute Gasteiger partial charge is 0.681 e. The van der Waals surface area contributed by atoms with Crippen LogP contribution in [0.3, 0.4) is 0 Å². The summed E-state index contributed by atoms with van der Waals surface area (Å²) in [4.78, 5) is 0. The molecule has 4 aromatic rings. The normalized spacial score (nSPS) is 16.8. The van der Waals surface area contributed by atoms with Gasteiger partial charge in [-0.2, -0.15) is 0 Å². The number of benzene rings is 4. The van der Waals surface area contributed by atoms with Crippen LogP contribution < -0.4 is 37.7 Å². The Balaban J connectivity index is 0.00000152. The fourth-order valence-corrected chi connectivity index (χ4v) is 6.07. The maximum Gasteiger partial charge on any atom is 1.00 e. The second kappa shape index (κ2) is 12.6. The Labute approximate surface area is 240 Å². The molecule has 0 saturated heterocycles. The van der Waals surface area contributed by atoms with Gasteiger partial charge in [-0.15, -0.1) is 23.5 Å². The largest absolute Gasteiger partial charge is 1.00 e. The van der Waals surface area contributed by atoms with E-state index in [2.05, 4.69) is 72.8 Å². The Morgan fingerprint density at radius 2 is 0.833 bits per heavy atom. The quantitative estimate of drug-likeness (QED) is 0.397. The molecule has 0 radical (unpaired) electrons. The number of rotatable bonds is 5. The molecule has 6 rings (SSSR count). The van der Waals surface area contributed by atoms with Crippen molar-refractivity contribution < 1.29 is 37.7 Å². The van der Waals surface area contributed by atoms with E-state index >= 15 is 0 Å². The Morgan fingerprint density at radius 3 is 1.25 bits per heavy atom. The van der Waals surface area contributed by atoms with Gasteiger partial charge in [0.05, 0.1) is 0 Å². The molecule has 2 aliphatic rings. The third kappa shape index (κ3) is 5.69. The maximum absolute atomic E-state index is 5.40. The van der Waals surface area contributed by atoms with E-state index in [0.717, 1.165) is 11.4 Å². The van der Waals surface area contributed by atoms with E-state index in [9.17, 15) is 0 Å². The molecule has 0 atom stereocenters. The zero-order chi connectivity index (χ0) is 22.7. The molecule has 174 valence electrons. The first-order chi connectivity index (χ1) is 16.9. The van der Waals surface area contributed by atoms with Gasteiger partial charge in [0, 0.05) is 0 Å². The Morgan fingerprint density at radius 1 is 0.444 bits per heavy atom. The van der Waals surface area contributed by atoms with Gasteiger partial charge in [0.1, 0.15) is 0 Å². The summed E-state index contributed by atoms with van der Waals surface area (Å²) in [6.07, 6.45) is 12.7. The molecular formula is C32H34Li2N2. The number of hydrogen-bond acceptors (Lipinski definition) is 0. The van der Waals surface area contributed by atoms with Crippen LogP contribution in [-0.2, 0) is 0 Å². The van der Waals surface area contributed by atoms with Crippen LogP contribution >= 0.6 is 0 Å². The van der Waals surface area contributed by atoms with Gasteiger partial charge in [0.25, 0.3) is 0 Å². The van der Waals surface area contributed by atoms with Crippen LogP contribution in [0, 0.1) is 0 Å². The molecule has 4 aromatic carbocycles. The van der Waals surface area contributed by atoms with Gasteiger partial charge in [-0.3, -0.25) is 0 Å². The minimum atomic E-state index is 0. The minimum absolute atomic E-state index is 0. The Bertz CT molecular complexity index is 1190. The van der Waals surface area contributed by atoms with Gasteiger partial charge in [-0.05, 0) is 32.7 Å². The molecule has 0 amide bonds. The van der Waals surface area contributed by atoms with E-state index in [1.807, 2.05) is 0 Å². The molecule has 2 nitrogen and oxygen atoms in total. The predicted octanol–water partition coefficient (Wildman–Crippen LogP) is 4.34. The molecule has 0 spiro atoms. The zero-order valence-corrected chi connectivity index (χ0v) is 22.0. The molecule has 0 heterocycles. The minimum Gasteiger partial charge on any atom is -0.681 e. The van der Waals surface area contributed by atoms with Gasteiger partial charge in [0.15, 0.2) is 0 Å². The van der Waals surface area contributed by atoms with Crippen molar-refractivity contribution in [3.8, 4) is 11.1 Å². The second-order valence-electron chi connectivity index (χ2n) is 10.2. The molecule has 0 bridgehead atoms. The first kappa shape index (κ1) is 27.2. The molecule has 0 aromatic heterocycles. The Hall–Kier alpha value is -1.81. The summed E-state index contributed by atoms with van der Waals surface area (Å²) < 4.78 is 0. The van der Waals surface area contributed by atoms with E-state index in [0.29, 0.717) is 12.1 Å². The second-order valence-corrected chi connectivity index (χ2v) is 10.2. The molecule has 36 heavy (non-hydrogen) atoms. The molecule has 0 unspecified atom stereocenters. The van der Waals surface area contributed by atoms with Crippen LogP contribution in [0.1, 0.15) is 64.2 Å². The van der Waals surface area contributed by atoms with Crippen LogP contribution in [-0.4, -0.2) is 12.1 Å². The average molecular weight is 461 g/mol. The zero-order valence-electron chi connectivity index (χ0n) is 22.0. The number of hydrogen-bond donors (Lipinski definition) is 0. The summed E-state index contributed by atoms with van der Waals surface area (Å²) in [5, 5.41) is 15.9. The van der Waals surface area contributed by atoms with Crippen LogP contribution in [0.4, 0.5) is 11.4 Å². The first-order valence-corrected chi connectivity index (χ1v) is 13.3. The summed E-state index contributed by atoms with van der Waals surface area (Å²) in [5.74, 6) is 0. The molecule has 2 fully saturated rings. The topological polar surface area (TPSA) is 28.2 Å². The van der Waals surface area contributed by atoms with Crippen molar-refractivity contribution in [2.75, 3.05) is 0 Å². The molecule has 0 aliphatic heterocycles. The fraction of sp³-hybridized carbons (Fsp3) is 0.375. The van der Waals surface area contributed by atoms with E-state index in [-0.39, 0.29) is 37.7 Å². The van der Waals surface area contributed by atoms with Crippen LogP contribution in [0.25, 0.3) is 43.3 Å². The summed E-state index contributed by atoms with van der Waals surface area (Å²) in [6.45, 7) is 0. The Kier molecular flexibility index (Phi) is 9.55. The van der Waals surface area contributed by atoms with E-state index < -0.39 is 0 Å². The van der Waals surface area contributed by atoms with Crippen LogP contribution in [0.5, 0.6) is 0 Å². The van der Waals surface area contributed by atoms with Crippen molar-refractivity contribution in [1.29, 1.82) is 0 Å². The monoisotopic (exact) mass is 460 g/mol.